The lowest BCUT2D eigenvalue weighted by molar-refractivity contribution is -0.120. The summed E-state index contributed by atoms with van der Waals surface area (Å²) in [5.41, 5.74) is 0.0712. The number of carbonyl (C=O) groups excluding carboxylic acids is 1. The second-order valence-corrected chi connectivity index (χ2v) is 7.44. The van der Waals surface area contributed by atoms with Crippen LogP contribution in [-0.2, 0) is 14.6 Å². The lowest BCUT2D eigenvalue weighted by Crippen LogP contribution is -2.39. The third kappa shape index (κ3) is 3.07. The number of benzene rings is 1. The van der Waals surface area contributed by atoms with Gasteiger partial charge in [0.05, 0.1) is 10.5 Å². The first kappa shape index (κ1) is 15.5. The molecule has 1 aromatic carbocycles. The Balaban J connectivity index is 2.36. The number of hydrogen-bond donors (Lipinski definition) is 2. The molecular formula is C14H17NO5S. The second kappa shape index (κ2) is 5.48. The maximum atomic E-state index is 12.5. The maximum absolute atomic E-state index is 12.5. The number of nitrogens with one attached hydrogen (secondary N) is 1. The molecule has 7 heteroatoms. The fourth-order valence-corrected chi connectivity index (χ4v) is 3.57. The number of carboxylic acid groups (broad SMARTS) is 1. The van der Waals surface area contributed by atoms with E-state index in [1.54, 1.807) is 0 Å². The van der Waals surface area contributed by atoms with E-state index in [4.69, 9.17) is 5.11 Å². The van der Waals surface area contributed by atoms with Gasteiger partial charge in [-0.1, -0.05) is 6.07 Å². The summed E-state index contributed by atoms with van der Waals surface area (Å²) in [6.07, 6.45) is 1.73. The van der Waals surface area contributed by atoms with Crippen LogP contribution in [0.4, 0.5) is 0 Å². The minimum absolute atomic E-state index is 0.0709. The number of rotatable bonds is 5. The topological polar surface area (TPSA) is 101 Å². The molecule has 1 unspecified atom stereocenters. The first-order valence-electron chi connectivity index (χ1n) is 6.62. The van der Waals surface area contributed by atoms with Gasteiger partial charge in [0.25, 0.3) is 0 Å². The summed E-state index contributed by atoms with van der Waals surface area (Å²) >= 11 is 0. The van der Waals surface area contributed by atoms with Crippen molar-refractivity contribution in [3.63, 3.8) is 0 Å². The first-order chi connectivity index (χ1) is 9.75. The fraction of sp³-hybridized carbons (Fsp3) is 0.429. The molecule has 6 nitrogen and oxygen atoms in total. The van der Waals surface area contributed by atoms with E-state index in [0.717, 1.165) is 12.8 Å². The highest BCUT2D eigenvalue weighted by Gasteiger charge is 2.34. The van der Waals surface area contributed by atoms with Crippen LogP contribution < -0.4 is 5.32 Å². The Labute approximate surface area is 123 Å². The smallest absolute Gasteiger partial charge is 0.335 e. The van der Waals surface area contributed by atoms with Crippen molar-refractivity contribution < 1.29 is 23.1 Å². The number of sulfone groups is 1. The van der Waals surface area contributed by atoms with Gasteiger partial charge in [-0.05, 0) is 44.4 Å². The van der Waals surface area contributed by atoms with Crippen LogP contribution >= 0.6 is 0 Å². The van der Waals surface area contributed by atoms with Crippen LogP contribution in [0, 0.1) is 6.92 Å². The summed E-state index contributed by atoms with van der Waals surface area (Å²) in [5, 5.41) is 10.5. The molecule has 0 radical (unpaired) electrons. The average Bonchev–Trinajstić information content (AvgIpc) is 3.21. The molecule has 0 heterocycles. The largest absolute Gasteiger partial charge is 0.478 e. The molecule has 2 rings (SSSR count). The molecule has 0 aliphatic heterocycles. The molecule has 0 spiro atoms. The monoisotopic (exact) mass is 311 g/mol. The van der Waals surface area contributed by atoms with Crippen LogP contribution in [0.1, 0.15) is 35.7 Å². The average molecular weight is 311 g/mol. The van der Waals surface area contributed by atoms with Crippen LogP contribution in [0.15, 0.2) is 23.1 Å². The standard InChI is InChI=1S/C14H17NO5S/c1-8-11(14(17)18)4-3-5-12(8)21(19,20)9(2)13(16)15-10-6-7-10/h3-5,9-10H,6-7H2,1-2H3,(H,15,16)(H,17,18). The molecule has 2 N–H and O–H groups in total. The van der Waals surface area contributed by atoms with Crippen LogP contribution in [0.25, 0.3) is 0 Å². The lowest BCUT2D eigenvalue weighted by Gasteiger charge is -2.15. The van der Waals surface area contributed by atoms with Crippen LogP contribution in [-0.4, -0.2) is 36.7 Å². The van der Waals surface area contributed by atoms with Crippen molar-refractivity contribution >= 4 is 21.7 Å². The molecule has 21 heavy (non-hydrogen) atoms. The van der Waals surface area contributed by atoms with E-state index < -0.39 is 27.0 Å². The number of carbonyl (C=O) groups is 2. The summed E-state index contributed by atoms with van der Waals surface area (Å²) in [4.78, 5) is 22.9. The van der Waals surface area contributed by atoms with Crippen LogP contribution in [0.5, 0.6) is 0 Å². The van der Waals surface area contributed by atoms with Gasteiger partial charge in [0.2, 0.25) is 5.91 Å². The zero-order chi connectivity index (χ0) is 15.8. The van der Waals surface area contributed by atoms with E-state index in [0.29, 0.717) is 0 Å². The Morgan fingerprint density at radius 2 is 1.95 bits per heavy atom. The van der Waals surface area contributed by atoms with Crippen molar-refractivity contribution in [2.45, 2.75) is 42.9 Å². The van der Waals surface area contributed by atoms with Gasteiger partial charge in [-0.15, -0.1) is 0 Å². The Morgan fingerprint density at radius 3 is 2.48 bits per heavy atom. The number of aromatic carboxylic acids is 1. The minimum atomic E-state index is -3.92. The predicted molar refractivity (Wildman–Crippen MR) is 76.0 cm³/mol. The zero-order valence-electron chi connectivity index (χ0n) is 11.8. The van der Waals surface area contributed by atoms with E-state index in [1.165, 1.54) is 32.0 Å². The molecule has 0 bridgehead atoms. The van der Waals surface area contributed by atoms with E-state index >= 15 is 0 Å². The number of amides is 1. The van der Waals surface area contributed by atoms with Gasteiger partial charge in [0, 0.05) is 6.04 Å². The highest BCUT2D eigenvalue weighted by Crippen LogP contribution is 2.24. The van der Waals surface area contributed by atoms with Crippen LogP contribution in [0.2, 0.25) is 0 Å². The third-order valence-electron chi connectivity index (χ3n) is 3.58. The Morgan fingerprint density at radius 1 is 1.33 bits per heavy atom. The molecule has 1 amide bonds. The Hall–Kier alpha value is -1.89. The zero-order valence-corrected chi connectivity index (χ0v) is 12.6. The van der Waals surface area contributed by atoms with Crippen molar-refractivity contribution in [2.75, 3.05) is 0 Å². The van der Waals surface area contributed by atoms with Crippen molar-refractivity contribution in [3.8, 4) is 0 Å². The van der Waals surface area contributed by atoms with E-state index in [1.807, 2.05) is 0 Å². The Kier molecular flexibility index (Phi) is 4.04. The molecule has 1 atom stereocenters. The van der Waals surface area contributed by atoms with Gasteiger partial charge in [-0.25, -0.2) is 13.2 Å². The molecule has 1 fully saturated rings. The van der Waals surface area contributed by atoms with E-state index in [-0.39, 0.29) is 22.1 Å². The quantitative estimate of drug-likeness (QED) is 0.849. The molecule has 1 aliphatic carbocycles. The molecule has 1 saturated carbocycles. The Bertz CT molecular complexity index is 691. The SMILES string of the molecule is Cc1c(C(=O)O)cccc1S(=O)(=O)C(C)C(=O)NC1CC1. The van der Waals surface area contributed by atoms with Gasteiger partial charge in [-0.2, -0.15) is 0 Å². The highest BCUT2D eigenvalue weighted by molar-refractivity contribution is 7.92. The highest BCUT2D eigenvalue weighted by atomic mass is 32.2. The third-order valence-corrected chi connectivity index (χ3v) is 5.78. The lowest BCUT2D eigenvalue weighted by atomic mass is 10.1. The maximum Gasteiger partial charge on any atom is 0.335 e. The van der Waals surface area contributed by atoms with Crippen molar-refractivity contribution in [2.24, 2.45) is 0 Å². The van der Waals surface area contributed by atoms with Gasteiger partial charge in [0.15, 0.2) is 9.84 Å². The van der Waals surface area contributed by atoms with E-state index in [2.05, 4.69) is 5.32 Å². The second-order valence-electron chi connectivity index (χ2n) is 5.20. The normalized spacial score (nSPS) is 16.3. The minimum Gasteiger partial charge on any atom is -0.478 e. The summed E-state index contributed by atoms with van der Waals surface area (Å²) in [7, 11) is -3.92. The number of carboxylic acids is 1. The van der Waals surface area contributed by atoms with Gasteiger partial charge in [-0.3, -0.25) is 4.79 Å². The predicted octanol–water partition coefficient (Wildman–Crippen LogP) is 1.13. The van der Waals surface area contributed by atoms with Gasteiger partial charge < -0.3 is 10.4 Å². The fourth-order valence-electron chi connectivity index (χ4n) is 2.03. The molecule has 114 valence electrons. The summed E-state index contributed by atoms with van der Waals surface area (Å²) in [6.45, 7) is 2.75. The number of hydrogen-bond acceptors (Lipinski definition) is 4. The molecular weight excluding hydrogens is 294 g/mol. The first-order valence-corrected chi connectivity index (χ1v) is 8.17. The van der Waals surface area contributed by atoms with Gasteiger partial charge >= 0.3 is 5.97 Å². The summed E-state index contributed by atoms with van der Waals surface area (Å²) in [6, 6.07) is 4.11. The molecule has 0 saturated heterocycles. The summed E-state index contributed by atoms with van der Waals surface area (Å²) in [5.74, 6) is -1.74. The molecule has 1 aromatic rings. The van der Waals surface area contributed by atoms with Crippen molar-refractivity contribution in [3.05, 3.63) is 29.3 Å². The van der Waals surface area contributed by atoms with E-state index in [9.17, 15) is 18.0 Å². The van der Waals surface area contributed by atoms with Crippen molar-refractivity contribution in [1.82, 2.24) is 5.32 Å². The van der Waals surface area contributed by atoms with Gasteiger partial charge in [0.1, 0.15) is 5.25 Å². The van der Waals surface area contributed by atoms with Crippen LogP contribution in [0.3, 0.4) is 0 Å². The van der Waals surface area contributed by atoms with Crippen molar-refractivity contribution in [1.29, 1.82) is 0 Å². The molecule has 0 aromatic heterocycles. The molecule has 1 aliphatic rings. The summed E-state index contributed by atoms with van der Waals surface area (Å²) < 4.78 is 25.0.